The fraction of sp³-hybridized carbons (Fsp3) is 0. The summed E-state index contributed by atoms with van der Waals surface area (Å²) < 4.78 is 6.55. The minimum Gasteiger partial charge on any atom is -0.456 e. The van der Waals surface area contributed by atoms with Crippen LogP contribution in [0, 0.1) is 0 Å². The van der Waals surface area contributed by atoms with Gasteiger partial charge in [-0.1, -0.05) is 140 Å². The zero-order valence-electron chi connectivity index (χ0n) is 26.3. The van der Waals surface area contributed by atoms with E-state index in [4.69, 9.17) is 4.42 Å². The summed E-state index contributed by atoms with van der Waals surface area (Å²) in [6, 6.07) is 66.8. The molecule has 0 aliphatic rings. The van der Waals surface area contributed by atoms with Crippen LogP contribution >= 0.6 is 0 Å². The number of furan rings is 1. The smallest absolute Gasteiger partial charge is 0.137 e. The van der Waals surface area contributed by atoms with Crippen LogP contribution in [0.15, 0.2) is 192 Å². The maximum atomic E-state index is 6.55. The second kappa shape index (κ2) is 11.8. The maximum absolute atomic E-state index is 6.55. The zero-order valence-corrected chi connectivity index (χ0v) is 26.3. The molecule has 0 atom stereocenters. The Labute approximate surface area is 279 Å². The first-order chi connectivity index (χ1) is 23.8. The standard InChI is InChI=1S/C46H31NO/c1-3-11-32(12-4-1)34-21-26-38(27-22-34)47(39-28-23-36(24-29-39)41-18-9-16-35-15-7-8-17-40(35)41)43-19-10-20-44-46(43)42-30-25-37(31-45(42)48-44)33-13-5-2-6-14-33/h1-31H. The summed E-state index contributed by atoms with van der Waals surface area (Å²) >= 11 is 0. The number of benzene rings is 8. The highest BCUT2D eigenvalue weighted by atomic mass is 16.3. The number of fused-ring (bicyclic) bond motifs is 4. The van der Waals surface area contributed by atoms with Crippen LogP contribution in [0.2, 0.25) is 0 Å². The van der Waals surface area contributed by atoms with Crippen molar-refractivity contribution in [2.24, 2.45) is 0 Å². The van der Waals surface area contributed by atoms with Gasteiger partial charge in [-0.05, 0) is 92.7 Å². The van der Waals surface area contributed by atoms with Crippen LogP contribution in [-0.2, 0) is 0 Å². The lowest BCUT2D eigenvalue weighted by Crippen LogP contribution is -2.10. The van der Waals surface area contributed by atoms with Crippen LogP contribution in [0.3, 0.4) is 0 Å². The molecule has 0 amide bonds. The first-order valence-electron chi connectivity index (χ1n) is 16.3. The highest BCUT2D eigenvalue weighted by molar-refractivity contribution is 6.14. The van der Waals surface area contributed by atoms with Gasteiger partial charge < -0.3 is 9.32 Å². The number of nitrogens with zero attached hydrogens (tertiary/aromatic N) is 1. The Hall–Kier alpha value is -6.38. The molecule has 9 rings (SSSR count). The molecule has 226 valence electrons. The molecule has 0 aliphatic carbocycles. The fourth-order valence-corrected chi connectivity index (χ4v) is 6.93. The second-order valence-corrected chi connectivity index (χ2v) is 12.2. The number of anilines is 3. The van der Waals surface area contributed by atoms with E-state index in [-0.39, 0.29) is 0 Å². The van der Waals surface area contributed by atoms with Gasteiger partial charge in [0, 0.05) is 16.8 Å². The Bertz CT molecular complexity index is 2530. The van der Waals surface area contributed by atoms with Gasteiger partial charge in [0.1, 0.15) is 11.2 Å². The van der Waals surface area contributed by atoms with E-state index in [9.17, 15) is 0 Å². The van der Waals surface area contributed by atoms with Gasteiger partial charge >= 0.3 is 0 Å². The highest BCUT2D eigenvalue weighted by Crippen LogP contribution is 2.44. The first-order valence-corrected chi connectivity index (χ1v) is 16.3. The molecule has 8 aromatic carbocycles. The Morgan fingerprint density at radius 1 is 0.354 bits per heavy atom. The summed E-state index contributed by atoms with van der Waals surface area (Å²) in [7, 11) is 0. The summed E-state index contributed by atoms with van der Waals surface area (Å²) in [4.78, 5) is 2.35. The molecule has 2 heteroatoms. The summed E-state index contributed by atoms with van der Waals surface area (Å²) in [5.74, 6) is 0. The van der Waals surface area contributed by atoms with Gasteiger partial charge in [-0.15, -0.1) is 0 Å². The summed E-state index contributed by atoms with van der Waals surface area (Å²) in [5.41, 5.74) is 12.1. The van der Waals surface area contributed by atoms with Gasteiger partial charge in [0.2, 0.25) is 0 Å². The van der Waals surface area contributed by atoms with E-state index in [1.165, 1.54) is 38.6 Å². The van der Waals surface area contributed by atoms with Gasteiger partial charge in [0.25, 0.3) is 0 Å². The van der Waals surface area contributed by atoms with E-state index < -0.39 is 0 Å². The van der Waals surface area contributed by atoms with Crippen LogP contribution in [0.25, 0.3) is 66.1 Å². The molecule has 0 unspecified atom stereocenters. The molecule has 0 fully saturated rings. The fourth-order valence-electron chi connectivity index (χ4n) is 6.93. The third kappa shape index (κ3) is 4.92. The lowest BCUT2D eigenvalue weighted by molar-refractivity contribution is 0.669. The second-order valence-electron chi connectivity index (χ2n) is 12.2. The molecular weight excluding hydrogens is 583 g/mol. The minimum atomic E-state index is 0.867. The summed E-state index contributed by atoms with van der Waals surface area (Å²) in [5, 5.41) is 4.69. The molecule has 9 aromatic rings. The first kappa shape index (κ1) is 27.9. The van der Waals surface area contributed by atoms with Crippen molar-refractivity contribution in [1.29, 1.82) is 0 Å². The van der Waals surface area contributed by atoms with Gasteiger partial charge in [0.15, 0.2) is 0 Å². The van der Waals surface area contributed by atoms with Crippen molar-refractivity contribution < 1.29 is 4.42 Å². The molecule has 0 aliphatic heterocycles. The van der Waals surface area contributed by atoms with E-state index in [0.29, 0.717) is 0 Å². The van der Waals surface area contributed by atoms with Crippen molar-refractivity contribution in [2.75, 3.05) is 4.90 Å². The van der Waals surface area contributed by atoms with Crippen molar-refractivity contribution in [3.63, 3.8) is 0 Å². The topological polar surface area (TPSA) is 16.4 Å². The molecule has 0 bridgehead atoms. The lowest BCUT2D eigenvalue weighted by atomic mass is 9.98. The normalized spacial score (nSPS) is 11.3. The number of hydrogen-bond acceptors (Lipinski definition) is 2. The molecule has 48 heavy (non-hydrogen) atoms. The average molecular weight is 614 g/mol. The molecule has 1 aromatic heterocycles. The van der Waals surface area contributed by atoms with E-state index in [1.807, 2.05) is 6.07 Å². The monoisotopic (exact) mass is 613 g/mol. The predicted octanol–water partition coefficient (Wildman–Crippen LogP) is 13.2. The van der Waals surface area contributed by atoms with Crippen LogP contribution in [0.1, 0.15) is 0 Å². The van der Waals surface area contributed by atoms with Gasteiger partial charge in [-0.25, -0.2) is 0 Å². The molecule has 0 saturated heterocycles. The summed E-state index contributed by atoms with van der Waals surface area (Å²) in [6.45, 7) is 0. The summed E-state index contributed by atoms with van der Waals surface area (Å²) in [6.07, 6.45) is 0. The predicted molar refractivity (Wildman–Crippen MR) is 202 cm³/mol. The average Bonchev–Trinajstić information content (AvgIpc) is 3.55. The van der Waals surface area contributed by atoms with Gasteiger partial charge in [-0.2, -0.15) is 0 Å². The molecule has 2 nitrogen and oxygen atoms in total. The molecular formula is C46H31NO. The number of rotatable bonds is 6. The van der Waals surface area contributed by atoms with Crippen LogP contribution in [-0.4, -0.2) is 0 Å². The minimum absolute atomic E-state index is 0.867. The van der Waals surface area contributed by atoms with Crippen LogP contribution in [0.4, 0.5) is 17.1 Å². The van der Waals surface area contributed by atoms with E-state index in [2.05, 4.69) is 187 Å². The SMILES string of the molecule is c1ccc(-c2ccc(N(c3ccc(-c4cccc5ccccc45)cc3)c3cccc4oc5cc(-c6ccccc6)ccc5c34)cc2)cc1. The van der Waals surface area contributed by atoms with Crippen molar-refractivity contribution in [3.8, 4) is 33.4 Å². The zero-order chi connectivity index (χ0) is 31.9. The Balaban J connectivity index is 1.20. The van der Waals surface area contributed by atoms with Crippen molar-refractivity contribution >= 4 is 49.8 Å². The Kier molecular flexibility index (Phi) is 6.84. The van der Waals surface area contributed by atoms with Gasteiger partial charge in [0.05, 0.1) is 11.1 Å². The molecule has 1 heterocycles. The van der Waals surface area contributed by atoms with Crippen molar-refractivity contribution in [2.45, 2.75) is 0 Å². The molecule has 0 N–H and O–H groups in total. The Morgan fingerprint density at radius 2 is 0.917 bits per heavy atom. The van der Waals surface area contributed by atoms with Crippen LogP contribution < -0.4 is 4.90 Å². The van der Waals surface area contributed by atoms with E-state index in [0.717, 1.165) is 44.6 Å². The third-order valence-corrected chi connectivity index (χ3v) is 9.28. The molecule has 0 spiro atoms. The van der Waals surface area contributed by atoms with Crippen molar-refractivity contribution in [1.82, 2.24) is 0 Å². The third-order valence-electron chi connectivity index (χ3n) is 9.28. The van der Waals surface area contributed by atoms with Crippen LogP contribution in [0.5, 0.6) is 0 Å². The lowest BCUT2D eigenvalue weighted by Gasteiger charge is -2.26. The molecule has 0 saturated carbocycles. The van der Waals surface area contributed by atoms with Crippen molar-refractivity contribution in [3.05, 3.63) is 188 Å². The van der Waals surface area contributed by atoms with Gasteiger partial charge in [-0.3, -0.25) is 0 Å². The Morgan fingerprint density at radius 3 is 1.65 bits per heavy atom. The number of hydrogen-bond donors (Lipinski definition) is 0. The highest BCUT2D eigenvalue weighted by Gasteiger charge is 2.20. The quantitative estimate of drug-likeness (QED) is 0.185. The largest absolute Gasteiger partial charge is 0.456 e. The van der Waals surface area contributed by atoms with E-state index >= 15 is 0 Å². The van der Waals surface area contributed by atoms with E-state index in [1.54, 1.807) is 0 Å². The molecule has 0 radical (unpaired) electrons. The maximum Gasteiger partial charge on any atom is 0.137 e.